The smallest absolute Gasteiger partial charge is 0.256 e. The van der Waals surface area contributed by atoms with Crippen LogP contribution in [0.5, 0.6) is 11.6 Å². The van der Waals surface area contributed by atoms with Gasteiger partial charge in [-0.1, -0.05) is 0 Å². The standard InChI is InChI=1S/C13H11ClFNO3S/c1-20(17,18)11-4-2-10(3-5-11)19-13-12(15)9(8-14)6-7-16-13/h2-7H,8H2,1H3. The molecular weight excluding hydrogens is 305 g/mol. The number of pyridine rings is 1. The lowest BCUT2D eigenvalue weighted by Gasteiger charge is -2.08. The Balaban J connectivity index is 2.27. The second kappa shape index (κ2) is 5.76. The van der Waals surface area contributed by atoms with Crippen molar-refractivity contribution in [3.05, 3.63) is 47.9 Å². The van der Waals surface area contributed by atoms with E-state index >= 15 is 0 Å². The van der Waals surface area contributed by atoms with Gasteiger partial charge in [-0.15, -0.1) is 11.6 Å². The Hall–Kier alpha value is -1.66. The molecule has 0 aliphatic rings. The van der Waals surface area contributed by atoms with E-state index in [-0.39, 0.29) is 28.0 Å². The number of aromatic nitrogens is 1. The molecule has 2 rings (SSSR count). The normalized spacial score (nSPS) is 11.3. The summed E-state index contributed by atoms with van der Waals surface area (Å²) < 4.78 is 41.8. The highest BCUT2D eigenvalue weighted by atomic mass is 35.5. The van der Waals surface area contributed by atoms with E-state index < -0.39 is 15.7 Å². The van der Waals surface area contributed by atoms with Crippen LogP contribution in [0.25, 0.3) is 0 Å². The quantitative estimate of drug-likeness (QED) is 0.813. The van der Waals surface area contributed by atoms with Gasteiger partial charge in [0.25, 0.3) is 5.88 Å². The van der Waals surface area contributed by atoms with Gasteiger partial charge >= 0.3 is 0 Å². The molecule has 0 N–H and O–H groups in total. The summed E-state index contributed by atoms with van der Waals surface area (Å²) in [4.78, 5) is 3.94. The first-order valence-corrected chi connectivity index (χ1v) is 8.01. The third kappa shape index (κ3) is 3.26. The molecule has 0 bridgehead atoms. The van der Waals surface area contributed by atoms with Gasteiger partial charge in [0, 0.05) is 18.0 Å². The summed E-state index contributed by atoms with van der Waals surface area (Å²) in [6.45, 7) is 0. The number of benzene rings is 1. The molecule has 7 heteroatoms. The molecule has 1 aromatic heterocycles. The summed E-state index contributed by atoms with van der Waals surface area (Å²) >= 11 is 5.59. The van der Waals surface area contributed by atoms with Crippen molar-refractivity contribution in [2.24, 2.45) is 0 Å². The van der Waals surface area contributed by atoms with Crippen molar-refractivity contribution in [3.63, 3.8) is 0 Å². The van der Waals surface area contributed by atoms with E-state index in [0.29, 0.717) is 0 Å². The molecule has 0 aliphatic carbocycles. The van der Waals surface area contributed by atoms with Crippen LogP contribution >= 0.6 is 11.6 Å². The largest absolute Gasteiger partial charge is 0.436 e. The Morgan fingerprint density at radius 3 is 2.45 bits per heavy atom. The summed E-state index contributed by atoms with van der Waals surface area (Å²) in [5.74, 6) is -0.530. The van der Waals surface area contributed by atoms with Gasteiger partial charge in [-0.25, -0.2) is 17.8 Å². The summed E-state index contributed by atoms with van der Waals surface area (Å²) in [5.41, 5.74) is 0.282. The number of rotatable bonds is 4. The van der Waals surface area contributed by atoms with Crippen molar-refractivity contribution in [1.82, 2.24) is 4.98 Å². The summed E-state index contributed by atoms with van der Waals surface area (Å²) in [6.07, 6.45) is 2.50. The maximum Gasteiger partial charge on any atom is 0.256 e. The van der Waals surface area contributed by atoms with Gasteiger partial charge in [0.2, 0.25) is 0 Å². The van der Waals surface area contributed by atoms with Crippen molar-refractivity contribution in [1.29, 1.82) is 0 Å². The minimum absolute atomic E-state index is 0.0116. The minimum atomic E-state index is -3.27. The van der Waals surface area contributed by atoms with E-state index in [1.54, 1.807) is 0 Å². The number of nitrogens with zero attached hydrogens (tertiary/aromatic N) is 1. The zero-order valence-electron chi connectivity index (χ0n) is 10.5. The Kier molecular flexibility index (Phi) is 4.25. The molecule has 1 heterocycles. The molecule has 0 spiro atoms. The average Bonchev–Trinajstić information content (AvgIpc) is 2.41. The molecule has 4 nitrogen and oxygen atoms in total. The fourth-order valence-electron chi connectivity index (χ4n) is 1.50. The summed E-state index contributed by atoms with van der Waals surface area (Å²) in [7, 11) is -3.27. The van der Waals surface area contributed by atoms with Gasteiger partial charge in [-0.05, 0) is 30.3 Å². The molecule has 20 heavy (non-hydrogen) atoms. The van der Waals surface area contributed by atoms with Crippen LogP contribution in [0.4, 0.5) is 4.39 Å². The van der Waals surface area contributed by atoms with E-state index in [1.165, 1.54) is 36.5 Å². The molecule has 1 aromatic carbocycles. The van der Waals surface area contributed by atoms with E-state index in [4.69, 9.17) is 16.3 Å². The number of hydrogen-bond donors (Lipinski definition) is 0. The van der Waals surface area contributed by atoms with Crippen LogP contribution in [0.1, 0.15) is 5.56 Å². The lowest BCUT2D eigenvalue weighted by Crippen LogP contribution is -1.98. The predicted octanol–water partition coefficient (Wildman–Crippen LogP) is 3.16. The van der Waals surface area contributed by atoms with Crippen LogP contribution in [-0.2, 0) is 15.7 Å². The fraction of sp³-hybridized carbons (Fsp3) is 0.154. The molecule has 0 amide bonds. The zero-order chi connectivity index (χ0) is 14.8. The molecule has 106 valence electrons. The molecule has 0 radical (unpaired) electrons. The van der Waals surface area contributed by atoms with E-state index in [9.17, 15) is 12.8 Å². The van der Waals surface area contributed by atoms with Gasteiger partial charge in [-0.3, -0.25) is 0 Å². The first-order valence-electron chi connectivity index (χ1n) is 5.59. The topological polar surface area (TPSA) is 56.3 Å². The Morgan fingerprint density at radius 1 is 1.25 bits per heavy atom. The maximum absolute atomic E-state index is 13.9. The van der Waals surface area contributed by atoms with Gasteiger partial charge in [0.1, 0.15) is 5.75 Å². The van der Waals surface area contributed by atoms with Crippen LogP contribution in [0, 0.1) is 5.82 Å². The fourth-order valence-corrected chi connectivity index (χ4v) is 2.34. The number of ether oxygens (including phenoxy) is 1. The highest BCUT2D eigenvalue weighted by molar-refractivity contribution is 7.90. The molecule has 0 saturated heterocycles. The molecular formula is C13H11ClFNO3S. The molecule has 0 unspecified atom stereocenters. The SMILES string of the molecule is CS(=O)(=O)c1ccc(Oc2nccc(CCl)c2F)cc1. The van der Waals surface area contributed by atoms with Crippen LogP contribution in [-0.4, -0.2) is 19.7 Å². The van der Waals surface area contributed by atoms with Crippen LogP contribution < -0.4 is 4.74 Å². The van der Waals surface area contributed by atoms with Crippen LogP contribution in [0.3, 0.4) is 0 Å². The molecule has 2 aromatic rings. The maximum atomic E-state index is 13.9. The number of alkyl halides is 1. The third-order valence-corrected chi connectivity index (χ3v) is 3.96. The van der Waals surface area contributed by atoms with Crippen molar-refractivity contribution in [3.8, 4) is 11.6 Å². The Bertz CT molecular complexity index is 717. The Labute approximate surface area is 121 Å². The van der Waals surface area contributed by atoms with E-state index in [2.05, 4.69) is 4.98 Å². The average molecular weight is 316 g/mol. The molecule has 0 atom stereocenters. The van der Waals surface area contributed by atoms with Crippen LogP contribution in [0.15, 0.2) is 41.4 Å². The highest BCUT2D eigenvalue weighted by Crippen LogP contribution is 2.25. The second-order valence-corrected chi connectivity index (χ2v) is 6.35. The predicted molar refractivity (Wildman–Crippen MR) is 73.4 cm³/mol. The van der Waals surface area contributed by atoms with Gasteiger partial charge < -0.3 is 4.74 Å². The van der Waals surface area contributed by atoms with Crippen LogP contribution in [0.2, 0.25) is 0 Å². The minimum Gasteiger partial charge on any atom is -0.436 e. The molecule has 0 fully saturated rings. The second-order valence-electron chi connectivity index (χ2n) is 4.07. The van der Waals surface area contributed by atoms with Gasteiger partial charge in [0.15, 0.2) is 15.7 Å². The van der Waals surface area contributed by atoms with Crippen molar-refractivity contribution < 1.29 is 17.5 Å². The van der Waals surface area contributed by atoms with E-state index in [1.807, 2.05) is 0 Å². The highest BCUT2D eigenvalue weighted by Gasteiger charge is 2.12. The molecule has 0 aliphatic heterocycles. The third-order valence-electron chi connectivity index (χ3n) is 2.55. The van der Waals surface area contributed by atoms with Crippen molar-refractivity contribution in [2.75, 3.05) is 6.26 Å². The Morgan fingerprint density at radius 2 is 1.90 bits per heavy atom. The van der Waals surface area contributed by atoms with E-state index in [0.717, 1.165) is 6.26 Å². The van der Waals surface area contributed by atoms with Gasteiger partial charge in [-0.2, -0.15) is 0 Å². The first kappa shape index (κ1) is 14.7. The number of sulfone groups is 1. The number of hydrogen-bond acceptors (Lipinski definition) is 4. The monoisotopic (exact) mass is 315 g/mol. The van der Waals surface area contributed by atoms with Gasteiger partial charge in [0.05, 0.1) is 10.8 Å². The van der Waals surface area contributed by atoms with Crippen molar-refractivity contribution >= 4 is 21.4 Å². The number of halogens is 2. The lowest BCUT2D eigenvalue weighted by atomic mass is 10.3. The summed E-state index contributed by atoms with van der Waals surface area (Å²) in [5, 5.41) is 0. The zero-order valence-corrected chi connectivity index (χ0v) is 12.1. The summed E-state index contributed by atoms with van der Waals surface area (Å²) in [6, 6.07) is 7.10. The lowest BCUT2D eigenvalue weighted by molar-refractivity contribution is 0.420. The molecule has 0 saturated carbocycles. The van der Waals surface area contributed by atoms with Crippen molar-refractivity contribution in [2.45, 2.75) is 10.8 Å². The first-order chi connectivity index (χ1) is 9.41.